The van der Waals surface area contributed by atoms with Gasteiger partial charge in [-0.15, -0.1) is 0 Å². The number of nitrogens with zero attached hydrogens (tertiary/aromatic N) is 1. The van der Waals surface area contributed by atoms with E-state index in [-0.39, 0.29) is 17.7 Å². The Bertz CT molecular complexity index is 915. The van der Waals surface area contributed by atoms with Crippen molar-refractivity contribution in [2.75, 3.05) is 19.6 Å². The van der Waals surface area contributed by atoms with Crippen molar-refractivity contribution >= 4 is 21.8 Å². The van der Waals surface area contributed by atoms with Gasteiger partial charge in [0.2, 0.25) is 21.8 Å². The van der Waals surface area contributed by atoms with Gasteiger partial charge in [0.1, 0.15) is 5.54 Å². The zero-order valence-electron chi connectivity index (χ0n) is 18.9. The van der Waals surface area contributed by atoms with Crippen LogP contribution in [0.15, 0.2) is 23.1 Å². The Morgan fingerprint density at radius 2 is 1.74 bits per heavy atom. The molecule has 1 aliphatic carbocycles. The molecule has 0 spiro atoms. The highest BCUT2D eigenvalue weighted by Crippen LogP contribution is 2.31. The summed E-state index contributed by atoms with van der Waals surface area (Å²) in [4.78, 5) is 26.1. The summed E-state index contributed by atoms with van der Waals surface area (Å²) in [5.41, 5.74) is 0.935. The van der Waals surface area contributed by atoms with E-state index < -0.39 is 15.6 Å². The van der Waals surface area contributed by atoms with Crippen LogP contribution in [-0.4, -0.2) is 49.7 Å². The number of amides is 2. The van der Waals surface area contributed by atoms with E-state index in [0.717, 1.165) is 30.4 Å². The zero-order valence-corrected chi connectivity index (χ0v) is 19.7. The quantitative estimate of drug-likeness (QED) is 0.698. The van der Waals surface area contributed by atoms with Crippen molar-refractivity contribution in [1.82, 2.24) is 14.9 Å². The number of carbonyl (C=O) groups excluding carboxylic acids is 2. The average molecular weight is 450 g/mol. The van der Waals surface area contributed by atoms with E-state index in [1.54, 1.807) is 6.07 Å². The van der Waals surface area contributed by atoms with Crippen LogP contribution in [0.4, 0.5) is 0 Å². The van der Waals surface area contributed by atoms with Crippen LogP contribution in [0.3, 0.4) is 0 Å². The van der Waals surface area contributed by atoms with Gasteiger partial charge >= 0.3 is 0 Å². The Hall–Kier alpha value is -1.93. The SMILES string of the molecule is CCNC(=O)C1(NC(=O)C2CCN(S(=O)(=O)c3ccc(C)cc3C)CC2)CCCCC1. The van der Waals surface area contributed by atoms with Crippen molar-refractivity contribution in [2.45, 2.75) is 76.2 Å². The molecule has 2 amide bonds. The van der Waals surface area contributed by atoms with Crippen molar-refractivity contribution in [3.05, 3.63) is 29.3 Å². The van der Waals surface area contributed by atoms with Gasteiger partial charge in [-0.1, -0.05) is 37.0 Å². The smallest absolute Gasteiger partial charge is 0.245 e. The van der Waals surface area contributed by atoms with Crippen LogP contribution in [0, 0.1) is 19.8 Å². The Morgan fingerprint density at radius 1 is 1.10 bits per heavy atom. The molecule has 1 aromatic rings. The van der Waals surface area contributed by atoms with E-state index >= 15 is 0 Å². The van der Waals surface area contributed by atoms with Crippen molar-refractivity contribution < 1.29 is 18.0 Å². The van der Waals surface area contributed by atoms with Gasteiger partial charge in [0.15, 0.2) is 0 Å². The molecule has 3 rings (SSSR count). The molecule has 1 saturated heterocycles. The summed E-state index contributed by atoms with van der Waals surface area (Å²) in [6, 6.07) is 5.35. The van der Waals surface area contributed by atoms with E-state index in [4.69, 9.17) is 0 Å². The van der Waals surface area contributed by atoms with Gasteiger partial charge in [-0.2, -0.15) is 4.31 Å². The highest BCUT2D eigenvalue weighted by molar-refractivity contribution is 7.89. The maximum absolute atomic E-state index is 13.1. The highest BCUT2D eigenvalue weighted by Gasteiger charge is 2.42. The van der Waals surface area contributed by atoms with E-state index in [9.17, 15) is 18.0 Å². The van der Waals surface area contributed by atoms with Gasteiger partial charge in [-0.05, 0) is 58.1 Å². The van der Waals surface area contributed by atoms with Gasteiger partial charge in [0.25, 0.3) is 0 Å². The first-order valence-corrected chi connectivity index (χ1v) is 12.8. The third kappa shape index (κ3) is 5.12. The number of hydrogen-bond donors (Lipinski definition) is 2. The van der Waals surface area contributed by atoms with Crippen molar-refractivity contribution in [3.8, 4) is 0 Å². The maximum Gasteiger partial charge on any atom is 0.245 e. The third-order valence-electron chi connectivity index (χ3n) is 6.61. The largest absolute Gasteiger partial charge is 0.354 e. The summed E-state index contributed by atoms with van der Waals surface area (Å²) in [6.45, 7) is 6.77. The van der Waals surface area contributed by atoms with E-state index in [0.29, 0.717) is 50.2 Å². The predicted octanol–water partition coefficient (Wildman–Crippen LogP) is 2.66. The van der Waals surface area contributed by atoms with Crippen LogP contribution in [-0.2, 0) is 19.6 Å². The first kappa shape index (κ1) is 23.7. The summed E-state index contributed by atoms with van der Waals surface area (Å²) in [7, 11) is -3.58. The number of carbonyl (C=O) groups is 2. The Kier molecular flexibility index (Phi) is 7.42. The van der Waals surface area contributed by atoms with Crippen LogP contribution in [0.2, 0.25) is 0 Å². The molecule has 7 nitrogen and oxygen atoms in total. The van der Waals surface area contributed by atoms with Crippen LogP contribution >= 0.6 is 0 Å². The predicted molar refractivity (Wildman–Crippen MR) is 120 cm³/mol. The van der Waals surface area contributed by atoms with E-state index in [2.05, 4.69) is 10.6 Å². The van der Waals surface area contributed by atoms with Gasteiger partial charge in [-0.25, -0.2) is 8.42 Å². The van der Waals surface area contributed by atoms with Crippen molar-refractivity contribution in [2.24, 2.45) is 5.92 Å². The molecular weight excluding hydrogens is 414 g/mol. The molecule has 0 unspecified atom stereocenters. The number of sulfonamides is 1. The lowest BCUT2D eigenvalue weighted by Gasteiger charge is -2.38. The molecule has 2 N–H and O–H groups in total. The Labute approximate surface area is 186 Å². The fourth-order valence-electron chi connectivity index (χ4n) is 4.82. The topological polar surface area (TPSA) is 95.6 Å². The molecule has 1 aliphatic heterocycles. The molecule has 1 aromatic carbocycles. The van der Waals surface area contributed by atoms with Crippen LogP contribution < -0.4 is 10.6 Å². The third-order valence-corrected chi connectivity index (χ3v) is 8.67. The molecule has 1 saturated carbocycles. The number of rotatable bonds is 6. The molecule has 0 bridgehead atoms. The summed E-state index contributed by atoms with van der Waals surface area (Å²) in [5, 5.41) is 5.95. The maximum atomic E-state index is 13.1. The number of likely N-dealkylation sites (N-methyl/N-ethyl adjacent to an activating group) is 1. The van der Waals surface area contributed by atoms with E-state index in [1.807, 2.05) is 32.9 Å². The van der Waals surface area contributed by atoms with Crippen LogP contribution in [0.1, 0.15) is 63.0 Å². The minimum absolute atomic E-state index is 0.0992. The summed E-state index contributed by atoms with van der Waals surface area (Å²) in [6.07, 6.45) is 5.15. The fraction of sp³-hybridized carbons (Fsp3) is 0.652. The second-order valence-electron chi connectivity index (χ2n) is 8.94. The van der Waals surface area contributed by atoms with E-state index in [1.165, 1.54) is 4.31 Å². The molecule has 31 heavy (non-hydrogen) atoms. The summed E-state index contributed by atoms with van der Waals surface area (Å²) >= 11 is 0. The van der Waals surface area contributed by atoms with Gasteiger partial charge in [0, 0.05) is 25.6 Å². The summed E-state index contributed by atoms with van der Waals surface area (Å²) < 4.78 is 27.7. The second-order valence-corrected chi connectivity index (χ2v) is 10.8. The average Bonchev–Trinajstić information content (AvgIpc) is 2.74. The van der Waals surface area contributed by atoms with Crippen LogP contribution in [0.5, 0.6) is 0 Å². The molecular formula is C23H35N3O4S. The monoisotopic (exact) mass is 449 g/mol. The molecule has 8 heteroatoms. The van der Waals surface area contributed by atoms with Gasteiger partial charge in [-0.3, -0.25) is 9.59 Å². The van der Waals surface area contributed by atoms with Crippen molar-refractivity contribution in [3.63, 3.8) is 0 Å². The molecule has 2 fully saturated rings. The first-order valence-electron chi connectivity index (χ1n) is 11.4. The van der Waals surface area contributed by atoms with Crippen LogP contribution in [0.25, 0.3) is 0 Å². The standard InChI is InChI=1S/C23H35N3O4S/c1-4-24-22(28)23(12-6-5-7-13-23)25-21(27)19-10-14-26(15-11-19)31(29,30)20-9-8-17(2)16-18(20)3/h8-9,16,19H,4-7,10-15H2,1-3H3,(H,24,28)(H,25,27). The Balaban J connectivity index is 1.65. The lowest BCUT2D eigenvalue weighted by molar-refractivity contribution is -0.137. The minimum atomic E-state index is -3.58. The molecule has 0 radical (unpaired) electrons. The fourth-order valence-corrected chi connectivity index (χ4v) is 6.49. The number of benzene rings is 1. The number of aryl methyl sites for hydroxylation is 2. The van der Waals surface area contributed by atoms with Gasteiger partial charge in [0.05, 0.1) is 4.90 Å². The molecule has 2 aliphatic rings. The van der Waals surface area contributed by atoms with Crippen molar-refractivity contribution in [1.29, 1.82) is 0 Å². The zero-order chi connectivity index (χ0) is 22.6. The lowest BCUT2D eigenvalue weighted by atomic mass is 9.80. The molecule has 0 atom stereocenters. The highest BCUT2D eigenvalue weighted by atomic mass is 32.2. The summed E-state index contributed by atoms with van der Waals surface area (Å²) in [5.74, 6) is -0.506. The van der Waals surface area contributed by atoms with Gasteiger partial charge < -0.3 is 10.6 Å². The lowest BCUT2D eigenvalue weighted by Crippen LogP contribution is -2.61. The first-order chi connectivity index (χ1) is 14.7. The minimum Gasteiger partial charge on any atom is -0.354 e. The molecule has 172 valence electrons. The molecule has 1 heterocycles. The molecule has 0 aromatic heterocycles. The second kappa shape index (κ2) is 9.69. The number of piperidine rings is 1. The number of nitrogens with one attached hydrogen (secondary N) is 2. The normalized spacial score (nSPS) is 20.2. The number of hydrogen-bond acceptors (Lipinski definition) is 4. The Morgan fingerprint density at radius 3 is 2.32 bits per heavy atom.